The number of halogens is 1. The Bertz CT molecular complexity index is 630. The zero-order valence-electron chi connectivity index (χ0n) is 8.72. The second-order valence-electron chi connectivity index (χ2n) is 3.48. The van der Waals surface area contributed by atoms with E-state index in [1.165, 1.54) is 6.26 Å². The summed E-state index contributed by atoms with van der Waals surface area (Å²) in [4.78, 5) is 4.37. The normalized spacial score (nSPS) is 10.6. The van der Waals surface area contributed by atoms with Crippen molar-refractivity contribution in [3.05, 3.63) is 47.9 Å². The maximum atomic E-state index is 5.88. The third-order valence-corrected chi connectivity index (χ3v) is 2.68. The summed E-state index contributed by atoms with van der Waals surface area (Å²) in [6.45, 7) is 0. The van der Waals surface area contributed by atoms with Gasteiger partial charge in [-0.15, -0.1) is 0 Å². The predicted octanol–water partition coefficient (Wildman–Crippen LogP) is 3.39. The minimum atomic E-state index is 0.306. The highest BCUT2D eigenvalue weighted by atomic mass is 35.5. The highest BCUT2D eigenvalue weighted by Gasteiger charge is 2.12. The summed E-state index contributed by atoms with van der Waals surface area (Å²) in [5, 5.41) is 7.30. The number of aromatic nitrogens is 3. The van der Waals surface area contributed by atoms with Crippen LogP contribution in [0.1, 0.15) is 0 Å². The van der Waals surface area contributed by atoms with Gasteiger partial charge in [0.05, 0.1) is 11.8 Å². The van der Waals surface area contributed by atoms with Crippen molar-refractivity contribution in [2.45, 2.75) is 0 Å². The van der Waals surface area contributed by atoms with Gasteiger partial charge in [0.25, 0.3) is 0 Å². The number of hydrogen-bond donors (Lipinski definition) is 1. The van der Waals surface area contributed by atoms with E-state index >= 15 is 0 Å². The number of nitrogens with zero attached hydrogens (tertiary/aromatic N) is 2. The lowest BCUT2D eigenvalue weighted by molar-refractivity contribution is 0.570. The molecule has 84 valence electrons. The Morgan fingerprint density at radius 3 is 2.65 bits per heavy atom. The van der Waals surface area contributed by atoms with Gasteiger partial charge in [0.15, 0.2) is 11.6 Å². The molecule has 0 saturated heterocycles. The molecule has 0 fully saturated rings. The summed E-state index contributed by atoms with van der Waals surface area (Å²) < 4.78 is 5.01. The Balaban J connectivity index is 2.02. The second-order valence-corrected chi connectivity index (χ2v) is 3.82. The Morgan fingerprint density at radius 1 is 1.12 bits per heavy atom. The SMILES string of the molecule is Clc1occc1-c1nc(-c2ccccc2)n[nH]1. The summed E-state index contributed by atoms with van der Waals surface area (Å²) in [7, 11) is 0. The standard InChI is InChI=1S/C12H8ClN3O/c13-10-9(6-7-17-10)12-14-11(15-16-12)8-4-2-1-3-5-8/h1-7H,(H,14,15,16). The Morgan fingerprint density at radius 2 is 1.94 bits per heavy atom. The molecule has 1 N–H and O–H groups in total. The topological polar surface area (TPSA) is 54.7 Å². The van der Waals surface area contributed by atoms with E-state index in [2.05, 4.69) is 15.2 Å². The van der Waals surface area contributed by atoms with Gasteiger partial charge in [-0.25, -0.2) is 4.98 Å². The molecular formula is C12H8ClN3O. The summed E-state index contributed by atoms with van der Waals surface area (Å²) in [5.74, 6) is 1.24. The molecule has 3 aromatic rings. The molecule has 3 rings (SSSR count). The molecule has 0 unspecified atom stereocenters. The molecule has 0 atom stereocenters. The summed E-state index contributed by atoms with van der Waals surface area (Å²) >= 11 is 5.88. The highest BCUT2D eigenvalue weighted by Crippen LogP contribution is 2.27. The Hall–Kier alpha value is -2.07. The number of rotatable bonds is 2. The van der Waals surface area contributed by atoms with E-state index in [1.54, 1.807) is 6.07 Å². The average Bonchev–Trinajstić information content (AvgIpc) is 2.98. The molecule has 0 aliphatic carbocycles. The van der Waals surface area contributed by atoms with Crippen molar-refractivity contribution in [2.75, 3.05) is 0 Å². The minimum absolute atomic E-state index is 0.306. The minimum Gasteiger partial charge on any atom is -0.452 e. The maximum Gasteiger partial charge on any atom is 0.204 e. The van der Waals surface area contributed by atoms with Crippen LogP contribution in [0.5, 0.6) is 0 Å². The van der Waals surface area contributed by atoms with E-state index in [0.29, 0.717) is 22.4 Å². The summed E-state index contributed by atoms with van der Waals surface area (Å²) in [6, 6.07) is 11.5. The van der Waals surface area contributed by atoms with E-state index < -0.39 is 0 Å². The molecule has 2 aromatic heterocycles. The quantitative estimate of drug-likeness (QED) is 0.753. The third-order valence-electron chi connectivity index (χ3n) is 2.39. The Kier molecular flexibility index (Phi) is 2.42. The lowest BCUT2D eigenvalue weighted by Crippen LogP contribution is -1.79. The summed E-state index contributed by atoms with van der Waals surface area (Å²) in [6.07, 6.45) is 1.52. The van der Waals surface area contributed by atoms with E-state index in [9.17, 15) is 0 Å². The molecule has 0 aliphatic rings. The molecule has 2 heterocycles. The van der Waals surface area contributed by atoms with Gasteiger partial charge in [-0.3, -0.25) is 5.10 Å². The van der Waals surface area contributed by atoms with E-state index in [1.807, 2.05) is 30.3 Å². The first kappa shape index (κ1) is 10.1. The van der Waals surface area contributed by atoms with Gasteiger partial charge < -0.3 is 4.42 Å². The Labute approximate surface area is 102 Å². The molecule has 0 amide bonds. The molecule has 1 aromatic carbocycles. The molecule has 0 saturated carbocycles. The molecule has 0 bridgehead atoms. The van der Waals surface area contributed by atoms with Crippen LogP contribution in [0.4, 0.5) is 0 Å². The van der Waals surface area contributed by atoms with E-state index in [0.717, 1.165) is 5.56 Å². The maximum absolute atomic E-state index is 5.88. The number of furan rings is 1. The largest absolute Gasteiger partial charge is 0.452 e. The van der Waals surface area contributed by atoms with Crippen LogP contribution in [-0.2, 0) is 0 Å². The van der Waals surface area contributed by atoms with Crippen molar-refractivity contribution in [3.63, 3.8) is 0 Å². The molecular weight excluding hydrogens is 238 g/mol. The fraction of sp³-hybridized carbons (Fsp3) is 0. The molecule has 0 radical (unpaired) electrons. The number of benzene rings is 1. The van der Waals surface area contributed by atoms with Crippen LogP contribution < -0.4 is 0 Å². The van der Waals surface area contributed by atoms with Gasteiger partial charge in [0, 0.05) is 5.56 Å². The van der Waals surface area contributed by atoms with E-state index in [4.69, 9.17) is 16.0 Å². The molecule has 0 spiro atoms. The van der Waals surface area contributed by atoms with Crippen molar-refractivity contribution in [3.8, 4) is 22.8 Å². The first-order valence-electron chi connectivity index (χ1n) is 5.06. The number of aromatic amines is 1. The van der Waals surface area contributed by atoms with Gasteiger partial charge in [-0.2, -0.15) is 5.10 Å². The van der Waals surface area contributed by atoms with Gasteiger partial charge in [-0.05, 0) is 17.7 Å². The number of H-pyrrole nitrogens is 1. The van der Waals surface area contributed by atoms with Crippen LogP contribution >= 0.6 is 11.6 Å². The molecule has 4 nitrogen and oxygen atoms in total. The molecule has 5 heteroatoms. The predicted molar refractivity (Wildman–Crippen MR) is 64.5 cm³/mol. The van der Waals surface area contributed by atoms with Crippen molar-refractivity contribution in [2.24, 2.45) is 0 Å². The highest BCUT2D eigenvalue weighted by molar-refractivity contribution is 6.31. The fourth-order valence-electron chi connectivity index (χ4n) is 1.56. The number of hydrogen-bond acceptors (Lipinski definition) is 3. The van der Waals surface area contributed by atoms with Crippen molar-refractivity contribution in [1.29, 1.82) is 0 Å². The van der Waals surface area contributed by atoms with Gasteiger partial charge in [-0.1, -0.05) is 30.3 Å². The number of nitrogens with one attached hydrogen (secondary N) is 1. The van der Waals surface area contributed by atoms with Gasteiger partial charge in [0.2, 0.25) is 5.22 Å². The zero-order valence-corrected chi connectivity index (χ0v) is 9.48. The lowest BCUT2D eigenvalue weighted by atomic mass is 10.2. The molecule has 0 aliphatic heterocycles. The molecule has 17 heavy (non-hydrogen) atoms. The van der Waals surface area contributed by atoms with Crippen LogP contribution in [0.3, 0.4) is 0 Å². The first-order valence-corrected chi connectivity index (χ1v) is 5.43. The van der Waals surface area contributed by atoms with Crippen LogP contribution in [0.15, 0.2) is 47.1 Å². The van der Waals surface area contributed by atoms with Crippen molar-refractivity contribution < 1.29 is 4.42 Å². The summed E-state index contributed by atoms with van der Waals surface area (Å²) in [5.41, 5.74) is 1.66. The monoisotopic (exact) mass is 245 g/mol. The fourth-order valence-corrected chi connectivity index (χ4v) is 1.77. The van der Waals surface area contributed by atoms with E-state index in [-0.39, 0.29) is 0 Å². The second kappa shape index (κ2) is 4.07. The van der Waals surface area contributed by atoms with Crippen LogP contribution in [-0.4, -0.2) is 15.2 Å². The van der Waals surface area contributed by atoms with Crippen LogP contribution in [0.25, 0.3) is 22.8 Å². The lowest BCUT2D eigenvalue weighted by Gasteiger charge is -1.92. The van der Waals surface area contributed by atoms with Crippen LogP contribution in [0, 0.1) is 0 Å². The van der Waals surface area contributed by atoms with Gasteiger partial charge in [0.1, 0.15) is 0 Å². The zero-order chi connectivity index (χ0) is 11.7. The first-order chi connectivity index (χ1) is 8.34. The van der Waals surface area contributed by atoms with Gasteiger partial charge >= 0.3 is 0 Å². The van der Waals surface area contributed by atoms with Crippen LogP contribution in [0.2, 0.25) is 5.22 Å². The average molecular weight is 246 g/mol. The third kappa shape index (κ3) is 1.83. The van der Waals surface area contributed by atoms with Crippen molar-refractivity contribution >= 4 is 11.6 Å². The van der Waals surface area contributed by atoms with Crippen molar-refractivity contribution in [1.82, 2.24) is 15.2 Å². The smallest absolute Gasteiger partial charge is 0.204 e.